The molecular weight excluding hydrogens is 386 g/mol. The molecule has 4 aromatic rings. The predicted molar refractivity (Wildman–Crippen MR) is 125 cm³/mol. The molecule has 0 bridgehead atoms. The fraction of sp³-hybridized carbons (Fsp3) is 0.250. The molecule has 156 valence electrons. The summed E-state index contributed by atoms with van der Waals surface area (Å²) in [5.41, 5.74) is 2.27. The van der Waals surface area contributed by atoms with E-state index in [2.05, 4.69) is 61.5 Å². The van der Waals surface area contributed by atoms with E-state index in [0.717, 1.165) is 67.8 Å². The Morgan fingerprint density at radius 1 is 0.710 bits per heavy atom. The minimum Gasteiger partial charge on any atom is -0.369 e. The van der Waals surface area contributed by atoms with Crippen LogP contribution < -0.4 is 15.1 Å². The van der Waals surface area contributed by atoms with Crippen LogP contribution in [-0.2, 0) is 6.42 Å². The number of hydrogen-bond acceptors (Lipinski definition) is 7. The predicted octanol–water partition coefficient (Wildman–Crippen LogP) is 3.40. The molecule has 2 aromatic carbocycles. The lowest BCUT2D eigenvalue weighted by Gasteiger charge is -2.34. The number of fused-ring (bicyclic) bond motifs is 1. The Bertz CT molecular complexity index is 1130. The fourth-order valence-corrected chi connectivity index (χ4v) is 3.87. The van der Waals surface area contributed by atoms with E-state index in [1.165, 1.54) is 5.56 Å². The highest BCUT2D eigenvalue weighted by atomic mass is 15.4. The van der Waals surface area contributed by atoms with Crippen LogP contribution in [0.5, 0.6) is 0 Å². The Morgan fingerprint density at radius 2 is 1.39 bits per heavy atom. The van der Waals surface area contributed by atoms with Gasteiger partial charge in [0.05, 0.1) is 5.52 Å². The summed E-state index contributed by atoms with van der Waals surface area (Å²) in [6.07, 6.45) is 4.52. The molecule has 7 nitrogen and oxygen atoms in total. The number of anilines is 3. The van der Waals surface area contributed by atoms with Gasteiger partial charge in [-0.05, 0) is 30.2 Å². The Morgan fingerprint density at radius 3 is 2.16 bits per heavy atom. The summed E-state index contributed by atoms with van der Waals surface area (Å²) in [6, 6.07) is 20.5. The zero-order valence-corrected chi connectivity index (χ0v) is 17.4. The summed E-state index contributed by atoms with van der Waals surface area (Å²) in [6.45, 7) is 4.18. The van der Waals surface area contributed by atoms with Crippen molar-refractivity contribution in [1.82, 2.24) is 19.9 Å². The van der Waals surface area contributed by atoms with E-state index in [4.69, 9.17) is 9.97 Å². The third-order valence-electron chi connectivity index (χ3n) is 5.54. The molecule has 0 saturated carbocycles. The number of hydrogen-bond donors (Lipinski definition) is 1. The largest absolute Gasteiger partial charge is 0.369 e. The molecule has 0 spiro atoms. The first kappa shape index (κ1) is 19.2. The second-order valence-corrected chi connectivity index (χ2v) is 7.57. The van der Waals surface area contributed by atoms with Gasteiger partial charge in [0.1, 0.15) is 5.82 Å². The topological polar surface area (TPSA) is 70.1 Å². The molecule has 1 aliphatic rings. The molecule has 5 rings (SSSR count). The highest BCUT2D eigenvalue weighted by Crippen LogP contribution is 2.24. The molecule has 0 aliphatic carbocycles. The average Bonchev–Trinajstić information content (AvgIpc) is 2.85. The van der Waals surface area contributed by atoms with Gasteiger partial charge in [-0.15, -0.1) is 0 Å². The Labute approximate surface area is 181 Å². The van der Waals surface area contributed by atoms with E-state index in [-0.39, 0.29) is 0 Å². The highest BCUT2D eigenvalue weighted by Gasteiger charge is 2.21. The number of para-hydroxylation sites is 1. The van der Waals surface area contributed by atoms with Crippen LogP contribution >= 0.6 is 0 Å². The van der Waals surface area contributed by atoms with Gasteiger partial charge in [-0.3, -0.25) is 0 Å². The van der Waals surface area contributed by atoms with Crippen molar-refractivity contribution in [1.29, 1.82) is 0 Å². The third-order valence-corrected chi connectivity index (χ3v) is 5.54. The number of piperazine rings is 1. The van der Waals surface area contributed by atoms with Gasteiger partial charge in [-0.1, -0.05) is 42.5 Å². The van der Waals surface area contributed by atoms with Crippen molar-refractivity contribution in [2.75, 3.05) is 47.8 Å². The molecule has 0 atom stereocenters. The summed E-state index contributed by atoms with van der Waals surface area (Å²) in [4.78, 5) is 22.9. The molecule has 1 aliphatic heterocycles. The lowest BCUT2D eigenvalue weighted by Crippen LogP contribution is -2.47. The first-order chi connectivity index (χ1) is 15.4. The van der Waals surface area contributed by atoms with Crippen molar-refractivity contribution in [3.8, 4) is 0 Å². The van der Waals surface area contributed by atoms with E-state index in [0.29, 0.717) is 0 Å². The molecular formula is C24H25N7. The fourth-order valence-electron chi connectivity index (χ4n) is 3.87. The quantitative estimate of drug-likeness (QED) is 0.521. The molecule has 31 heavy (non-hydrogen) atoms. The van der Waals surface area contributed by atoms with Crippen molar-refractivity contribution in [3.05, 3.63) is 78.6 Å². The molecule has 0 unspecified atom stereocenters. The smallest absolute Gasteiger partial charge is 0.228 e. The summed E-state index contributed by atoms with van der Waals surface area (Å²) < 4.78 is 0. The second kappa shape index (κ2) is 8.95. The number of rotatable bonds is 6. The number of benzene rings is 2. The van der Waals surface area contributed by atoms with Crippen molar-refractivity contribution in [2.24, 2.45) is 0 Å². The van der Waals surface area contributed by atoms with E-state index in [1.54, 1.807) is 12.4 Å². The third kappa shape index (κ3) is 4.40. The molecule has 7 heteroatoms. The summed E-state index contributed by atoms with van der Waals surface area (Å²) in [5.74, 6) is 2.45. The zero-order chi connectivity index (χ0) is 20.9. The van der Waals surface area contributed by atoms with Crippen LogP contribution in [0.2, 0.25) is 0 Å². The van der Waals surface area contributed by atoms with Gasteiger partial charge in [-0.2, -0.15) is 4.98 Å². The van der Waals surface area contributed by atoms with Gasteiger partial charge in [0.25, 0.3) is 0 Å². The first-order valence-corrected chi connectivity index (χ1v) is 10.7. The first-order valence-electron chi connectivity index (χ1n) is 10.7. The van der Waals surface area contributed by atoms with Crippen LogP contribution in [0.1, 0.15) is 5.56 Å². The van der Waals surface area contributed by atoms with Gasteiger partial charge in [-0.25, -0.2) is 15.0 Å². The SMILES string of the molecule is c1ccc(CCNc2nc(N3CCN(c4ncccn4)CC3)nc3ccccc23)cc1. The standard InChI is InChI=1S/C24H25N7/c1-2-7-19(8-3-1)11-14-25-22-20-9-4-5-10-21(20)28-24(29-22)31-17-15-30(16-18-31)23-26-12-6-13-27-23/h1-10,12-13H,11,14-18H2,(H,25,28,29). The minimum absolute atomic E-state index is 0.773. The average molecular weight is 412 g/mol. The van der Waals surface area contributed by atoms with Gasteiger partial charge in [0, 0.05) is 50.5 Å². The second-order valence-electron chi connectivity index (χ2n) is 7.57. The molecule has 0 amide bonds. The van der Waals surface area contributed by atoms with E-state index in [1.807, 2.05) is 24.3 Å². The van der Waals surface area contributed by atoms with Gasteiger partial charge >= 0.3 is 0 Å². The molecule has 1 fully saturated rings. The lowest BCUT2D eigenvalue weighted by atomic mass is 10.1. The number of aromatic nitrogens is 4. The van der Waals surface area contributed by atoms with Crippen LogP contribution in [0.4, 0.5) is 17.7 Å². The minimum atomic E-state index is 0.773. The van der Waals surface area contributed by atoms with Crippen molar-refractivity contribution in [2.45, 2.75) is 6.42 Å². The van der Waals surface area contributed by atoms with Crippen molar-refractivity contribution < 1.29 is 0 Å². The van der Waals surface area contributed by atoms with Crippen LogP contribution in [0.25, 0.3) is 10.9 Å². The van der Waals surface area contributed by atoms with Crippen LogP contribution in [0.15, 0.2) is 73.1 Å². The molecule has 0 radical (unpaired) electrons. The molecule has 2 aromatic heterocycles. The Kier molecular flexibility index (Phi) is 5.56. The number of nitrogens with one attached hydrogen (secondary N) is 1. The van der Waals surface area contributed by atoms with E-state index >= 15 is 0 Å². The van der Waals surface area contributed by atoms with Gasteiger partial charge in [0.2, 0.25) is 11.9 Å². The molecule has 1 N–H and O–H groups in total. The molecule has 3 heterocycles. The van der Waals surface area contributed by atoms with Crippen LogP contribution in [-0.4, -0.2) is 52.7 Å². The van der Waals surface area contributed by atoms with Crippen LogP contribution in [0.3, 0.4) is 0 Å². The van der Waals surface area contributed by atoms with Crippen molar-refractivity contribution >= 4 is 28.6 Å². The summed E-state index contributed by atoms with van der Waals surface area (Å²) in [5, 5.41) is 4.59. The highest BCUT2D eigenvalue weighted by molar-refractivity contribution is 5.90. The number of nitrogens with zero attached hydrogens (tertiary/aromatic N) is 6. The molecule has 1 saturated heterocycles. The maximum Gasteiger partial charge on any atom is 0.228 e. The normalized spacial score (nSPS) is 14.1. The van der Waals surface area contributed by atoms with E-state index < -0.39 is 0 Å². The van der Waals surface area contributed by atoms with Crippen molar-refractivity contribution in [3.63, 3.8) is 0 Å². The zero-order valence-electron chi connectivity index (χ0n) is 17.4. The Balaban J connectivity index is 1.32. The maximum absolute atomic E-state index is 4.91. The van der Waals surface area contributed by atoms with Gasteiger partial charge in [0.15, 0.2) is 0 Å². The maximum atomic E-state index is 4.91. The summed E-state index contributed by atoms with van der Waals surface area (Å²) in [7, 11) is 0. The Hall–Kier alpha value is -3.74. The monoisotopic (exact) mass is 411 g/mol. The van der Waals surface area contributed by atoms with Gasteiger partial charge < -0.3 is 15.1 Å². The summed E-state index contributed by atoms with van der Waals surface area (Å²) >= 11 is 0. The van der Waals surface area contributed by atoms with Crippen LogP contribution in [0, 0.1) is 0 Å². The van der Waals surface area contributed by atoms with E-state index in [9.17, 15) is 0 Å². The lowest BCUT2D eigenvalue weighted by molar-refractivity contribution is 0.629.